The summed E-state index contributed by atoms with van der Waals surface area (Å²) in [5.74, 6) is -0.297. The average molecular weight is 291 g/mol. The van der Waals surface area contributed by atoms with Gasteiger partial charge in [0.15, 0.2) is 0 Å². The summed E-state index contributed by atoms with van der Waals surface area (Å²) in [7, 11) is 0. The van der Waals surface area contributed by atoms with Crippen molar-refractivity contribution in [1.82, 2.24) is 10.6 Å². The van der Waals surface area contributed by atoms with Crippen molar-refractivity contribution in [2.45, 2.75) is 37.8 Å². The van der Waals surface area contributed by atoms with E-state index in [-0.39, 0.29) is 17.6 Å². The summed E-state index contributed by atoms with van der Waals surface area (Å²) >= 11 is 0. The summed E-state index contributed by atoms with van der Waals surface area (Å²) in [6, 6.07) is 5.34. The number of carbonyl (C=O) groups is 2. The van der Waals surface area contributed by atoms with Crippen LogP contribution < -0.4 is 16.4 Å². The number of phenols is 1. The highest BCUT2D eigenvalue weighted by atomic mass is 16.3. The van der Waals surface area contributed by atoms with Gasteiger partial charge in [0, 0.05) is 6.54 Å². The minimum Gasteiger partial charge on any atom is -0.508 e. The van der Waals surface area contributed by atoms with Gasteiger partial charge < -0.3 is 21.5 Å². The third-order valence-corrected chi connectivity index (χ3v) is 3.58. The molecule has 1 aromatic carbocycles. The maximum atomic E-state index is 12.1. The molecule has 0 radical (unpaired) electrons. The fourth-order valence-corrected chi connectivity index (χ4v) is 2.33. The van der Waals surface area contributed by atoms with Gasteiger partial charge in [-0.1, -0.05) is 12.1 Å². The first-order chi connectivity index (χ1) is 10.1. The minimum atomic E-state index is -0.717. The number of phenolic OH excluding ortho intramolecular Hbond substituents is 1. The first-order valence-electron chi connectivity index (χ1n) is 7.18. The molecule has 6 nitrogen and oxygen atoms in total. The quantitative estimate of drug-likeness (QED) is 0.629. The predicted molar refractivity (Wildman–Crippen MR) is 78.6 cm³/mol. The molecule has 1 aromatic rings. The second-order valence-corrected chi connectivity index (χ2v) is 5.33. The van der Waals surface area contributed by atoms with Crippen LogP contribution in [0.15, 0.2) is 24.3 Å². The van der Waals surface area contributed by atoms with Crippen molar-refractivity contribution in [2.75, 3.05) is 6.54 Å². The van der Waals surface area contributed by atoms with Crippen LogP contribution in [0.25, 0.3) is 0 Å². The van der Waals surface area contributed by atoms with Crippen LogP contribution in [-0.2, 0) is 16.0 Å². The average Bonchev–Trinajstić information content (AvgIpc) is 2.66. The zero-order valence-corrected chi connectivity index (χ0v) is 11.8. The zero-order valence-electron chi connectivity index (χ0n) is 11.8. The fraction of sp³-hybridized carbons (Fsp3) is 0.467. The summed E-state index contributed by atoms with van der Waals surface area (Å²) in [6.07, 6.45) is 2.83. The molecule has 1 aliphatic heterocycles. The van der Waals surface area contributed by atoms with Gasteiger partial charge in [-0.25, -0.2) is 0 Å². The van der Waals surface area contributed by atoms with E-state index in [1.165, 1.54) is 0 Å². The number of rotatable bonds is 4. The van der Waals surface area contributed by atoms with Crippen molar-refractivity contribution in [3.8, 4) is 5.75 Å². The third kappa shape index (κ3) is 4.46. The summed E-state index contributed by atoms with van der Waals surface area (Å²) in [5, 5.41) is 14.7. The van der Waals surface area contributed by atoms with Crippen LogP contribution in [0.2, 0.25) is 0 Å². The number of nitrogens with two attached hydrogens (primary N) is 1. The molecule has 0 spiro atoms. The highest BCUT2D eigenvalue weighted by Crippen LogP contribution is 2.11. The van der Waals surface area contributed by atoms with Crippen LogP contribution in [0.5, 0.6) is 5.75 Å². The number of amides is 2. The Balaban J connectivity index is 1.89. The van der Waals surface area contributed by atoms with Crippen LogP contribution in [0, 0.1) is 0 Å². The zero-order chi connectivity index (χ0) is 15.2. The molecule has 5 N–H and O–H groups in total. The van der Waals surface area contributed by atoms with Gasteiger partial charge in [-0.2, -0.15) is 0 Å². The number of hydrogen-bond acceptors (Lipinski definition) is 4. The Labute approximate surface area is 123 Å². The van der Waals surface area contributed by atoms with E-state index in [0.29, 0.717) is 19.4 Å². The predicted octanol–water partition coefficient (Wildman–Crippen LogP) is 0.0469. The first kappa shape index (κ1) is 15.3. The summed E-state index contributed by atoms with van der Waals surface area (Å²) in [6.45, 7) is 0.658. The fourth-order valence-electron chi connectivity index (χ4n) is 2.33. The van der Waals surface area contributed by atoms with Crippen molar-refractivity contribution in [1.29, 1.82) is 0 Å². The highest BCUT2D eigenvalue weighted by molar-refractivity contribution is 5.89. The Morgan fingerprint density at radius 2 is 2.10 bits per heavy atom. The van der Waals surface area contributed by atoms with Crippen molar-refractivity contribution in [2.24, 2.45) is 5.73 Å². The van der Waals surface area contributed by atoms with E-state index in [0.717, 1.165) is 18.4 Å². The van der Waals surface area contributed by atoms with Gasteiger partial charge in [0.2, 0.25) is 11.8 Å². The molecule has 1 unspecified atom stereocenters. The van der Waals surface area contributed by atoms with Crippen LogP contribution in [0.3, 0.4) is 0 Å². The van der Waals surface area contributed by atoms with E-state index < -0.39 is 12.1 Å². The van der Waals surface area contributed by atoms with Gasteiger partial charge in [0.1, 0.15) is 11.8 Å². The molecule has 0 saturated carbocycles. The molecule has 1 fully saturated rings. The summed E-state index contributed by atoms with van der Waals surface area (Å²) < 4.78 is 0. The van der Waals surface area contributed by atoms with E-state index in [1.807, 2.05) is 0 Å². The maximum Gasteiger partial charge on any atom is 0.242 e. The van der Waals surface area contributed by atoms with Crippen molar-refractivity contribution in [3.63, 3.8) is 0 Å². The molecule has 1 heterocycles. The van der Waals surface area contributed by atoms with Crippen molar-refractivity contribution < 1.29 is 14.7 Å². The molecular weight excluding hydrogens is 270 g/mol. The maximum absolute atomic E-state index is 12.1. The Hall–Kier alpha value is -2.08. The van der Waals surface area contributed by atoms with Crippen molar-refractivity contribution >= 4 is 11.8 Å². The van der Waals surface area contributed by atoms with Crippen LogP contribution in [0.1, 0.15) is 24.8 Å². The van der Waals surface area contributed by atoms with Gasteiger partial charge in [-0.3, -0.25) is 9.59 Å². The second-order valence-electron chi connectivity index (χ2n) is 5.33. The Morgan fingerprint density at radius 3 is 2.81 bits per heavy atom. The van der Waals surface area contributed by atoms with Gasteiger partial charge in [0.05, 0.1) is 6.04 Å². The largest absolute Gasteiger partial charge is 0.508 e. The molecule has 1 saturated heterocycles. The molecule has 0 aliphatic carbocycles. The standard InChI is InChI=1S/C15H21N3O3/c16-12(9-10-4-6-11(19)7-5-10)14(20)18-13-3-1-2-8-17-15(13)21/h4-7,12-13,19H,1-3,8-9,16H2,(H,17,21)(H,18,20)/t12-,13?/m0/s1. The minimum absolute atomic E-state index is 0.141. The molecule has 0 aromatic heterocycles. The lowest BCUT2D eigenvalue weighted by atomic mass is 10.0. The smallest absolute Gasteiger partial charge is 0.242 e. The molecule has 2 rings (SSSR count). The SMILES string of the molecule is N[C@@H](Cc1ccc(O)cc1)C(=O)NC1CCCCNC1=O. The number of carbonyl (C=O) groups excluding carboxylic acids is 2. The van der Waals surface area contributed by atoms with E-state index in [4.69, 9.17) is 5.73 Å². The lowest BCUT2D eigenvalue weighted by Gasteiger charge is -2.18. The Morgan fingerprint density at radius 1 is 1.38 bits per heavy atom. The molecule has 1 aliphatic rings. The van der Waals surface area contributed by atoms with E-state index in [1.54, 1.807) is 24.3 Å². The summed E-state index contributed by atoms with van der Waals surface area (Å²) in [4.78, 5) is 23.8. The van der Waals surface area contributed by atoms with Gasteiger partial charge in [0.25, 0.3) is 0 Å². The highest BCUT2D eigenvalue weighted by Gasteiger charge is 2.24. The first-order valence-corrected chi connectivity index (χ1v) is 7.18. The topological polar surface area (TPSA) is 104 Å². The molecule has 21 heavy (non-hydrogen) atoms. The van der Waals surface area contributed by atoms with Crippen molar-refractivity contribution in [3.05, 3.63) is 29.8 Å². The van der Waals surface area contributed by atoms with E-state index in [2.05, 4.69) is 10.6 Å². The Bertz CT molecular complexity index is 501. The lowest BCUT2D eigenvalue weighted by molar-refractivity contribution is -0.129. The van der Waals surface area contributed by atoms with Crippen LogP contribution >= 0.6 is 0 Å². The van der Waals surface area contributed by atoms with Gasteiger partial charge >= 0.3 is 0 Å². The molecule has 6 heteroatoms. The van der Waals surface area contributed by atoms with E-state index >= 15 is 0 Å². The lowest BCUT2D eigenvalue weighted by Crippen LogP contribution is -2.51. The second kappa shape index (κ2) is 7.08. The molecule has 114 valence electrons. The molecule has 0 bridgehead atoms. The molecular formula is C15H21N3O3. The molecule has 2 amide bonds. The Kier molecular flexibility index (Phi) is 5.16. The van der Waals surface area contributed by atoms with E-state index in [9.17, 15) is 14.7 Å². The van der Waals surface area contributed by atoms with Gasteiger partial charge in [-0.05, 0) is 43.4 Å². The van der Waals surface area contributed by atoms with Crippen LogP contribution in [-0.4, -0.2) is 35.5 Å². The summed E-state index contributed by atoms with van der Waals surface area (Å²) in [5.41, 5.74) is 6.74. The van der Waals surface area contributed by atoms with Crippen LogP contribution in [0.4, 0.5) is 0 Å². The molecule has 2 atom stereocenters. The number of benzene rings is 1. The normalized spacial score (nSPS) is 20.2. The third-order valence-electron chi connectivity index (χ3n) is 3.58. The van der Waals surface area contributed by atoms with Gasteiger partial charge in [-0.15, -0.1) is 0 Å². The number of nitrogens with one attached hydrogen (secondary N) is 2. The number of hydrogen-bond donors (Lipinski definition) is 4. The number of aromatic hydroxyl groups is 1. The monoisotopic (exact) mass is 291 g/mol.